The van der Waals surface area contributed by atoms with E-state index in [-0.39, 0.29) is 30.0 Å². The van der Waals surface area contributed by atoms with Gasteiger partial charge in [0.15, 0.2) is 5.69 Å². The number of methoxy groups -OCH3 is 1. The van der Waals surface area contributed by atoms with Crippen LogP contribution in [0.3, 0.4) is 0 Å². The third-order valence-electron chi connectivity index (χ3n) is 4.29. The highest BCUT2D eigenvalue weighted by Gasteiger charge is 2.25. The fourth-order valence-corrected chi connectivity index (χ4v) is 3.84. The van der Waals surface area contributed by atoms with E-state index in [9.17, 15) is 9.59 Å². The predicted octanol–water partition coefficient (Wildman–Crippen LogP) is 3.88. The Morgan fingerprint density at radius 3 is 2.62 bits per heavy atom. The van der Waals surface area contributed by atoms with Crippen molar-refractivity contribution in [2.45, 2.75) is 13.0 Å². The summed E-state index contributed by atoms with van der Waals surface area (Å²) < 4.78 is 12.1. The number of hydrogen-bond donors (Lipinski definition) is 1. The van der Waals surface area contributed by atoms with Crippen LogP contribution in [0.1, 0.15) is 34.6 Å². The van der Waals surface area contributed by atoms with E-state index in [1.807, 2.05) is 41.8 Å². The summed E-state index contributed by atoms with van der Waals surface area (Å²) in [5.74, 6) is -0.703. The van der Waals surface area contributed by atoms with Crippen LogP contribution in [0.25, 0.3) is 0 Å². The second kappa shape index (κ2) is 9.11. The molecule has 9 heteroatoms. The van der Waals surface area contributed by atoms with Crippen molar-refractivity contribution in [2.24, 2.45) is 7.05 Å². The van der Waals surface area contributed by atoms with Gasteiger partial charge in [0.1, 0.15) is 0 Å². The molecule has 2 aromatic heterocycles. The Bertz CT molecular complexity index is 1070. The van der Waals surface area contributed by atoms with Gasteiger partial charge in [-0.1, -0.05) is 41.9 Å². The number of halogens is 1. The zero-order valence-electron chi connectivity index (χ0n) is 16.1. The van der Waals surface area contributed by atoms with E-state index < -0.39 is 11.5 Å². The smallest absolute Gasteiger partial charge is 0.361 e. The van der Waals surface area contributed by atoms with Crippen molar-refractivity contribution in [3.63, 3.8) is 0 Å². The van der Waals surface area contributed by atoms with E-state index in [4.69, 9.17) is 21.1 Å². The Morgan fingerprint density at radius 2 is 2.03 bits per heavy atom. The second-order valence-corrected chi connectivity index (χ2v) is 7.56. The number of thiophene rings is 1. The largest absolute Gasteiger partial charge is 0.489 e. The molecule has 0 aliphatic carbocycles. The summed E-state index contributed by atoms with van der Waals surface area (Å²) >= 11 is 7.80. The third kappa shape index (κ3) is 4.28. The van der Waals surface area contributed by atoms with Gasteiger partial charge in [0, 0.05) is 12.6 Å². The van der Waals surface area contributed by atoms with Crippen LogP contribution in [-0.2, 0) is 11.8 Å². The molecule has 0 aliphatic rings. The minimum Gasteiger partial charge on any atom is -0.489 e. The maximum atomic E-state index is 12.7. The Morgan fingerprint density at radius 1 is 1.31 bits per heavy atom. The van der Waals surface area contributed by atoms with Crippen molar-refractivity contribution in [1.29, 1.82) is 0 Å². The first-order valence-corrected chi connectivity index (χ1v) is 10.1. The number of hydrogen-bond acceptors (Lipinski definition) is 7. The number of carbonyl (C=O) groups excluding carboxylic acids is 1. The third-order valence-corrected chi connectivity index (χ3v) is 5.49. The van der Waals surface area contributed by atoms with Crippen molar-refractivity contribution in [1.82, 2.24) is 9.55 Å². The van der Waals surface area contributed by atoms with Crippen LogP contribution in [0.15, 0.2) is 46.6 Å². The monoisotopic (exact) mass is 433 g/mol. The Labute approximate surface area is 176 Å². The highest BCUT2D eigenvalue weighted by atomic mass is 35.5. The lowest BCUT2D eigenvalue weighted by atomic mass is 10.0. The van der Waals surface area contributed by atoms with Gasteiger partial charge < -0.3 is 14.8 Å². The van der Waals surface area contributed by atoms with Crippen molar-refractivity contribution in [2.75, 3.05) is 19.0 Å². The summed E-state index contributed by atoms with van der Waals surface area (Å²) in [6, 6.07) is 11.2. The maximum Gasteiger partial charge on any atom is 0.361 e. The molecule has 3 rings (SSSR count). The Kier molecular flexibility index (Phi) is 6.56. The summed E-state index contributed by atoms with van der Waals surface area (Å²) in [6.07, 6.45) is 0. The average Bonchev–Trinajstić information content (AvgIpc) is 3.15. The van der Waals surface area contributed by atoms with Gasteiger partial charge in [-0.05, 0) is 23.9 Å². The first-order valence-electron chi connectivity index (χ1n) is 8.84. The zero-order chi connectivity index (χ0) is 21.0. The lowest BCUT2D eigenvalue weighted by molar-refractivity contribution is 0.0514. The summed E-state index contributed by atoms with van der Waals surface area (Å²) in [4.78, 5) is 29.4. The highest BCUT2D eigenvalue weighted by molar-refractivity contribution is 7.14. The fraction of sp³-hybridized carbons (Fsp3) is 0.250. The molecule has 1 aromatic carbocycles. The topological polar surface area (TPSA) is 82.5 Å². The van der Waals surface area contributed by atoms with Gasteiger partial charge in [-0.25, -0.2) is 9.78 Å². The molecule has 0 spiro atoms. The quantitative estimate of drug-likeness (QED) is 0.569. The van der Waals surface area contributed by atoms with Crippen molar-refractivity contribution in [3.8, 4) is 5.75 Å². The number of nitrogens with zero attached hydrogens (tertiary/aromatic N) is 2. The molecule has 0 saturated carbocycles. The molecule has 29 heavy (non-hydrogen) atoms. The molecule has 0 radical (unpaired) electrons. The summed E-state index contributed by atoms with van der Waals surface area (Å²) in [6.45, 7) is 1.83. The molecule has 3 aromatic rings. The molecule has 0 amide bonds. The molecule has 152 valence electrons. The maximum absolute atomic E-state index is 12.7. The molecule has 2 heterocycles. The van der Waals surface area contributed by atoms with Gasteiger partial charge in [0.2, 0.25) is 11.7 Å². The van der Waals surface area contributed by atoms with Crippen LogP contribution < -0.4 is 15.6 Å². The first kappa shape index (κ1) is 20.9. The molecule has 0 bridgehead atoms. The lowest BCUT2D eigenvalue weighted by Gasteiger charge is -2.22. The Balaban J connectivity index is 2.12. The molecular formula is C20H20ClN3O4S. The number of anilines is 1. The van der Waals surface area contributed by atoms with Crippen LogP contribution >= 0.6 is 22.9 Å². The molecule has 1 atom stereocenters. The minimum absolute atomic E-state index is 0.152. The number of rotatable bonds is 7. The van der Waals surface area contributed by atoms with E-state index in [0.717, 1.165) is 11.1 Å². The van der Waals surface area contributed by atoms with Crippen molar-refractivity contribution >= 4 is 34.9 Å². The van der Waals surface area contributed by atoms with Gasteiger partial charge in [0.25, 0.3) is 5.56 Å². The number of carbonyl (C=O) groups is 1. The van der Waals surface area contributed by atoms with E-state index >= 15 is 0 Å². The number of nitrogens with one attached hydrogen (secondary N) is 1. The van der Waals surface area contributed by atoms with E-state index in [2.05, 4.69) is 10.3 Å². The molecule has 1 N–H and O–H groups in total. The van der Waals surface area contributed by atoms with Crippen LogP contribution in [0.4, 0.5) is 5.95 Å². The fourth-order valence-electron chi connectivity index (χ4n) is 2.86. The van der Waals surface area contributed by atoms with Crippen LogP contribution in [0.2, 0.25) is 4.34 Å². The van der Waals surface area contributed by atoms with Crippen LogP contribution in [-0.4, -0.2) is 29.2 Å². The second-order valence-electron chi connectivity index (χ2n) is 6.04. The van der Waals surface area contributed by atoms with Crippen molar-refractivity contribution < 1.29 is 14.3 Å². The summed E-state index contributed by atoms with van der Waals surface area (Å²) in [5.41, 5.74) is 1.08. The van der Waals surface area contributed by atoms with Crippen LogP contribution in [0.5, 0.6) is 5.75 Å². The number of ether oxygens (including phenoxy) is 2. The molecule has 1 unspecified atom stereocenters. The first-order chi connectivity index (χ1) is 14.0. The van der Waals surface area contributed by atoms with Gasteiger partial charge in [-0.2, -0.15) is 0 Å². The molecule has 0 aliphatic heterocycles. The SMILES string of the molecule is CCOC(=O)c1nc(NC(c2ccccc2)c2ccsc2Cl)n(C)c(=O)c1OC. The van der Waals surface area contributed by atoms with Gasteiger partial charge in [-0.3, -0.25) is 9.36 Å². The molecule has 0 fully saturated rings. The summed E-state index contributed by atoms with van der Waals surface area (Å²) in [5, 5.41) is 5.14. The number of aromatic nitrogens is 2. The van der Waals surface area contributed by atoms with Gasteiger partial charge in [-0.15, -0.1) is 11.3 Å². The average molecular weight is 434 g/mol. The van der Waals surface area contributed by atoms with Crippen molar-refractivity contribution in [3.05, 3.63) is 73.3 Å². The number of benzene rings is 1. The van der Waals surface area contributed by atoms with Gasteiger partial charge in [0.05, 0.1) is 24.1 Å². The normalized spacial score (nSPS) is 11.7. The number of esters is 1. The van der Waals surface area contributed by atoms with E-state index in [1.165, 1.54) is 23.0 Å². The summed E-state index contributed by atoms with van der Waals surface area (Å²) in [7, 11) is 2.86. The molecule has 0 saturated heterocycles. The molecule has 7 nitrogen and oxygen atoms in total. The lowest BCUT2D eigenvalue weighted by Crippen LogP contribution is -2.28. The standard InChI is InChI=1S/C20H20ClN3O4S/c1-4-28-19(26)15-16(27-3)18(25)24(2)20(23-15)22-14(12-8-6-5-7-9-12)13-10-11-29-17(13)21/h5-11,14H,4H2,1-3H3,(H,22,23). The van der Waals surface area contributed by atoms with E-state index in [0.29, 0.717) is 4.34 Å². The van der Waals surface area contributed by atoms with Crippen LogP contribution in [0, 0.1) is 0 Å². The predicted molar refractivity (Wildman–Crippen MR) is 113 cm³/mol. The van der Waals surface area contributed by atoms with Gasteiger partial charge >= 0.3 is 5.97 Å². The molecular weight excluding hydrogens is 414 g/mol. The minimum atomic E-state index is -0.727. The zero-order valence-corrected chi connectivity index (χ0v) is 17.7. The highest BCUT2D eigenvalue weighted by Crippen LogP contribution is 2.34. The van der Waals surface area contributed by atoms with E-state index in [1.54, 1.807) is 14.0 Å². The Hall–Kier alpha value is -2.84.